The summed E-state index contributed by atoms with van der Waals surface area (Å²) in [6.45, 7) is 3.44. The SMILES string of the molecule is CC(C)S(=O)(=O)Oc1c2c(c(OC(c3ccccc3)c3ccccc3)c3ncccc13)C(=O)N(CC1=CC=C(F)CC1)C2. The molecule has 6 rings (SSSR count). The molecule has 2 heterocycles. The summed E-state index contributed by atoms with van der Waals surface area (Å²) in [4.78, 5) is 20.4. The minimum Gasteiger partial charge on any atom is -0.478 e. The van der Waals surface area contributed by atoms with E-state index in [4.69, 9.17) is 8.92 Å². The summed E-state index contributed by atoms with van der Waals surface area (Å²) >= 11 is 0. The van der Waals surface area contributed by atoms with Gasteiger partial charge in [0.05, 0.1) is 17.4 Å². The molecule has 0 saturated heterocycles. The second-order valence-corrected chi connectivity index (χ2v) is 13.1. The van der Waals surface area contributed by atoms with Gasteiger partial charge >= 0.3 is 10.1 Å². The maximum Gasteiger partial charge on any atom is 0.311 e. The van der Waals surface area contributed by atoms with Gasteiger partial charge in [0.15, 0.2) is 11.5 Å². The molecule has 0 bridgehead atoms. The Morgan fingerprint density at radius 1 is 0.907 bits per heavy atom. The van der Waals surface area contributed by atoms with E-state index >= 15 is 0 Å². The van der Waals surface area contributed by atoms with Gasteiger partial charge in [-0.15, -0.1) is 0 Å². The lowest BCUT2D eigenvalue weighted by atomic mass is 9.99. The quantitative estimate of drug-likeness (QED) is 0.192. The molecule has 2 aliphatic rings. The molecule has 0 fully saturated rings. The first-order chi connectivity index (χ1) is 20.7. The molecule has 0 radical (unpaired) electrons. The van der Waals surface area contributed by atoms with Crippen LogP contribution in [-0.2, 0) is 16.7 Å². The molecule has 0 atom stereocenters. The second kappa shape index (κ2) is 11.6. The Hall–Kier alpha value is -4.50. The van der Waals surface area contributed by atoms with Crippen LogP contribution in [0, 0.1) is 0 Å². The second-order valence-electron chi connectivity index (χ2n) is 11.0. The third-order valence-corrected chi connectivity index (χ3v) is 9.27. The van der Waals surface area contributed by atoms with Gasteiger partial charge in [-0.3, -0.25) is 9.78 Å². The first kappa shape index (κ1) is 28.6. The fourth-order valence-electron chi connectivity index (χ4n) is 5.38. The van der Waals surface area contributed by atoms with Crippen molar-refractivity contribution in [2.75, 3.05) is 6.54 Å². The van der Waals surface area contributed by atoms with Crippen molar-refractivity contribution in [1.29, 1.82) is 0 Å². The van der Waals surface area contributed by atoms with E-state index in [1.54, 1.807) is 29.3 Å². The number of allylic oxidation sites excluding steroid dienone is 3. The highest BCUT2D eigenvalue weighted by atomic mass is 32.2. The molecule has 7 nitrogen and oxygen atoms in total. The van der Waals surface area contributed by atoms with Crippen molar-refractivity contribution < 1.29 is 26.5 Å². The van der Waals surface area contributed by atoms with Crippen molar-refractivity contribution >= 4 is 26.9 Å². The van der Waals surface area contributed by atoms with Crippen LogP contribution in [0.3, 0.4) is 0 Å². The molecule has 220 valence electrons. The summed E-state index contributed by atoms with van der Waals surface area (Å²) in [5.41, 5.74) is 3.61. The first-order valence-corrected chi connectivity index (χ1v) is 15.7. The highest BCUT2D eigenvalue weighted by Crippen LogP contribution is 2.47. The number of hydrogen-bond donors (Lipinski definition) is 0. The number of aromatic nitrogens is 1. The third-order valence-electron chi connectivity index (χ3n) is 7.72. The molecule has 0 N–H and O–H groups in total. The van der Waals surface area contributed by atoms with Gasteiger partial charge in [-0.05, 0) is 49.6 Å². The number of carbonyl (C=O) groups excluding carboxylic acids is 1. The maximum atomic E-state index is 14.2. The summed E-state index contributed by atoms with van der Waals surface area (Å²) in [6.07, 6.45) is 4.88. The predicted molar refractivity (Wildman–Crippen MR) is 163 cm³/mol. The predicted octanol–water partition coefficient (Wildman–Crippen LogP) is 7.05. The standard InChI is InChI=1S/C34H31FN2O5S/c1-22(2)43(39,40)42-32-27-14-9-19-36-30(27)33(41-31(24-10-5-3-6-11-24)25-12-7-4-8-13-25)29-28(32)21-37(34(29)38)20-23-15-17-26(35)18-16-23/h3-15,17,19,22,31H,16,18,20-21H2,1-2H3. The Kier molecular flexibility index (Phi) is 7.75. The van der Waals surface area contributed by atoms with E-state index in [1.165, 1.54) is 19.9 Å². The molecule has 0 saturated carbocycles. The van der Waals surface area contributed by atoms with E-state index in [1.807, 2.05) is 60.7 Å². The Morgan fingerprint density at radius 3 is 2.19 bits per heavy atom. The lowest BCUT2D eigenvalue weighted by Gasteiger charge is -2.23. The average molecular weight is 599 g/mol. The Labute approximate surface area is 250 Å². The molecule has 4 aromatic rings. The monoisotopic (exact) mass is 598 g/mol. The molecular weight excluding hydrogens is 567 g/mol. The number of halogens is 1. The number of rotatable bonds is 9. The molecule has 3 aromatic carbocycles. The van der Waals surface area contributed by atoms with E-state index in [2.05, 4.69) is 4.98 Å². The maximum absolute atomic E-state index is 14.2. The van der Waals surface area contributed by atoms with Gasteiger partial charge in [-0.25, -0.2) is 4.39 Å². The number of fused-ring (bicyclic) bond motifs is 2. The van der Waals surface area contributed by atoms with E-state index in [9.17, 15) is 17.6 Å². The van der Waals surface area contributed by atoms with Crippen LogP contribution in [0.2, 0.25) is 0 Å². The molecule has 0 spiro atoms. The zero-order valence-corrected chi connectivity index (χ0v) is 24.7. The highest BCUT2D eigenvalue weighted by molar-refractivity contribution is 7.87. The van der Waals surface area contributed by atoms with E-state index in [0.29, 0.717) is 22.9 Å². The van der Waals surface area contributed by atoms with Gasteiger partial charge in [0.1, 0.15) is 17.4 Å². The summed E-state index contributed by atoms with van der Waals surface area (Å²) in [7, 11) is -4.01. The lowest BCUT2D eigenvalue weighted by molar-refractivity contribution is 0.0786. The molecule has 43 heavy (non-hydrogen) atoms. The number of benzene rings is 3. The molecule has 1 aromatic heterocycles. The molecule has 9 heteroatoms. The fourth-order valence-corrected chi connectivity index (χ4v) is 6.00. The first-order valence-electron chi connectivity index (χ1n) is 14.2. The topological polar surface area (TPSA) is 85.8 Å². The third kappa shape index (κ3) is 5.64. The largest absolute Gasteiger partial charge is 0.478 e. The van der Waals surface area contributed by atoms with Crippen LogP contribution in [0.1, 0.15) is 59.8 Å². The van der Waals surface area contributed by atoms with Gasteiger partial charge in [0.2, 0.25) is 0 Å². The van der Waals surface area contributed by atoms with Crippen LogP contribution >= 0.6 is 0 Å². The van der Waals surface area contributed by atoms with Gasteiger partial charge in [-0.2, -0.15) is 8.42 Å². The van der Waals surface area contributed by atoms with Gasteiger partial charge < -0.3 is 13.8 Å². The van der Waals surface area contributed by atoms with Crippen LogP contribution in [0.25, 0.3) is 10.9 Å². The Bertz CT molecular complexity index is 1810. The van der Waals surface area contributed by atoms with Gasteiger partial charge in [0.25, 0.3) is 5.91 Å². The van der Waals surface area contributed by atoms with Crippen LogP contribution in [-0.4, -0.2) is 36.0 Å². The van der Waals surface area contributed by atoms with Crippen molar-refractivity contribution in [2.24, 2.45) is 0 Å². The molecule has 1 aliphatic carbocycles. The van der Waals surface area contributed by atoms with Crippen molar-refractivity contribution in [3.63, 3.8) is 0 Å². The van der Waals surface area contributed by atoms with Crippen LogP contribution < -0.4 is 8.92 Å². The number of amides is 1. The van der Waals surface area contributed by atoms with Crippen molar-refractivity contribution in [3.8, 4) is 11.5 Å². The zero-order valence-electron chi connectivity index (χ0n) is 23.9. The smallest absolute Gasteiger partial charge is 0.311 e. The number of carbonyl (C=O) groups is 1. The zero-order chi connectivity index (χ0) is 30.1. The minimum absolute atomic E-state index is 0.0783. The fraction of sp³-hybridized carbons (Fsp3) is 0.235. The highest BCUT2D eigenvalue weighted by Gasteiger charge is 2.39. The molecule has 1 aliphatic heterocycles. The van der Waals surface area contributed by atoms with Crippen molar-refractivity contribution in [2.45, 2.75) is 44.6 Å². The van der Waals surface area contributed by atoms with E-state index in [-0.39, 0.29) is 48.3 Å². The Morgan fingerprint density at radius 2 is 1.58 bits per heavy atom. The molecule has 1 amide bonds. The van der Waals surface area contributed by atoms with E-state index < -0.39 is 21.5 Å². The Balaban J connectivity index is 1.54. The molecular formula is C34H31FN2O5S. The normalized spacial score (nSPS) is 15.1. The van der Waals surface area contributed by atoms with Crippen LogP contribution in [0.5, 0.6) is 11.5 Å². The summed E-state index contributed by atoms with van der Waals surface area (Å²) < 4.78 is 52.4. The molecule has 0 unspecified atom stereocenters. The van der Waals surface area contributed by atoms with Crippen molar-refractivity contribution in [1.82, 2.24) is 9.88 Å². The summed E-state index contributed by atoms with van der Waals surface area (Å²) in [5, 5.41) is -0.384. The summed E-state index contributed by atoms with van der Waals surface area (Å²) in [5.74, 6) is -0.196. The number of pyridine rings is 1. The minimum atomic E-state index is -4.01. The average Bonchev–Trinajstić information content (AvgIpc) is 3.34. The lowest BCUT2D eigenvalue weighted by Crippen LogP contribution is -2.27. The van der Waals surface area contributed by atoms with Gasteiger partial charge in [-0.1, -0.05) is 72.3 Å². The number of hydrogen-bond acceptors (Lipinski definition) is 6. The number of ether oxygens (including phenoxy) is 1. The summed E-state index contributed by atoms with van der Waals surface area (Å²) in [6, 6.07) is 22.8. The van der Waals surface area contributed by atoms with Crippen LogP contribution in [0.15, 0.2) is 103 Å². The van der Waals surface area contributed by atoms with Crippen LogP contribution in [0.4, 0.5) is 4.39 Å². The van der Waals surface area contributed by atoms with Crippen molar-refractivity contribution in [3.05, 3.63) is 125 Å². The number of nitrogens with zero attached hydrogens (tertiary/aromatic N) is 2. The van der Waals surface area contributed by atoms with Gasteiger partial charge in [0, 0.05) is 30.1 Å². The van der Waals surface area contributed by atoms with E-state index in [0.717, 1.165) is 16.7 Å².